The van der Waals surface area contributed by atoms with Crippen LogP contribution in [0.2, 0.25) is 0 Å². The van der Waals surface area contributed by atoms with Crippen LogP contribution in [-0.2, 0) is 0 Å². The summed E-state index contributed by atoms with van der Waals surface area (Å²) in [5.41, 5.74) is 2.27. The largest absolute Gasteiger partial charge is 0.339 e. The van der Waals surface area contributed by atoms with E-state index in [4.69, 9.17) is 5.84 Å². The van der Waals surface area contributed by atoms with Gasteiger partial charge < -0.3 is 10.7 Å². The minimum absolute atomic E-state index is 0.420. The van der Waals surface area contributed by atoms with Gasteiger partial charge in [-0.25, -0.2) is 5.84 Å². The maximum atomic E-state index is 4.93. The van der Waals surface area contributed by atoms with Gasteiger partial charge in [-0.2, -0.15) is 0 Å². The van der Waals surface area contributed by atoms with Crippen LogP contribution < -0.4 is 16.6 Å². The smallest absolute Gasteiger partial charge is 0.184 e. The zero-order chi connectivity index (χ0) is 6.41. The zero-order valence-electron chi connectivity index (χ0n) is 4.64. The van der Waals surface area contributed by atoms with Crippen LogP contribution in [-0.4, -0.2) is 5.11 Å². The van der Waals surface area contributed by atoms with E-state index in [0.29, 0.717) is 5.11 Å². The van der Waals surface area contributed by atoms with Crippen molar-refractivity contribution < 1.29 is 0 Å². The third kappa shape index (κ3) is 3.58. The van der Waals surface area contributed by atoms with Gasteiger partial charge in [0.05, 0.1) is 0 Å². The van der Waals surface area contributed by atoms with E-state index in [1.54, 1.807) is 6.20 Å². The highest BCUT2D eigenvalue weighted by atomic mass is 32.1. The first kappa shape index (κ1) is 7.39. The molecule has 0 bridgehead atoms. The summed E-state index contributed by atoms with van der Waals surface area (Å²) in [5.74, 6) is 4.93. The first-order chi connectivity index (χ1) is 3.81. The predicted molar refractivity (Wildman–Crippen MR) is 37.9 cm³/mol. The number of nitrogens with two attached hydrogens (primary N) is 1. The fraction of sp³-hybridized carbons (Fsp3) is 0.250. The summed E-state index contributed by atoms with van der Waals surface area (Å²) in [6, 6.07) is 0. The fourth-order valence-corrected chi connectivity index (χ4v) is 0.269. The molecule has 0 aromatic rings. The molecule has 4 N–H and O–H groups in total. The predicted octanol–water partition coefficient (Wildman–Crippen LogP) is -0.142. The summed E-state index contributed by atoms with van der Waals surface area (Å²) in [6.07, 6.45) is 3.52. The van der Waals surface area contributed by atoms with E-state index < -0.39 is 0 Å². The minimum atomic E-state index is 0.420. The van der Waals surface area contributed by atoms with E-state index in [2.05, 4.69) is 23.0 Å². The summed E-state index contributed by atoms with van der Waals surface area (Å²) in [5, 5.41) is 3.12. The minimum Gasteiger partial charge on any atom is -0.339 e. The monoisotopic (exact) mass is 131 g/mol. The normalized spacial score (nSPS) is 9.25. The Balaban J connectivity index is 3.25. The molecule has 0 unspecified atom stereocenters. The van der Waals surface area contributed by atoms with Crippen molar-refractivity contribution in [1.82, 2.24) is 10.7 Å². The molecule has 0 aliphatic rings. The van der Waals surface area contributed by atoms with Gasteiger partial charge in [-0.15, -0.1) is 0 Å². The third-order valence-electron chi connectivity index (χ3n) is 0.512. The van der Waals surface area contributed by atoms with E-state index in [9.17, 15) is 0 Å². The standard InChI is InChI=1S/C4H9N3S/c1-2-3-6-4(8)7-5/h2-3H,5H2,1H3,(H2,6,7,8). The Morgan fingerprint density at radius 3 is 2.75 bits per heavy atom. The molecule has 0 saturated heterocycles. The van der Waals surface area contributed by atoms with Crippen LogP contribution in [0.25, 0.3) is 0 Å². The number of hydrogen-bond donors (Lipinski definition) is 3. The van der Waals surface area contributed by atoms with E-state index in [-0.39, 0.29) is 0 Å². The maximum absolute atomic E-state index is 4.93. The molecule has 4 heteroatoms. The van der Waals surface area contributed by atoms with Gasteiger partial charge >= 0.3 is 0 Å². The van der Waals surface area contributed by atoms with Crippen LogP contribution in [0.3, 0.4) is 0 Å². The van der Waals surface area contributed by atoms with Crippen molar-refractivity contribution in [2.24, 2.45) is 5.84 Å². The highest BCUT2D eigenvalue weighted by molar-refractivity contribution is 7.80. The topological polar surface area (TPSA) is 50.1 Å². The molecule has 0 saturated carbocycles. The Hall–Kier alpha value is -0.610. The number of allylic oxidation sites excluding steroid dienone is 1. The molecule has 0 aliphatic carbocycles. The molecule has 0 rings (SSSR count). The quantitative estimate of drug-likeness (QED) is 0.263. The molecule has 0 amide bonds. The average Bonchev–Trinajstić information content (AvgIpc) is 1.83. The molecule has 0 aromatic heterocycles. The molecule has 3 nitrogen and oxygen atoms in total. The number of thiocarbonyl (C=S) groups is 1. The van der Waals surface area contributed by atoms with Crippen molar-refractivity contribution >= 4 is 17.3 Å². The lowest BCUT2D eigenvalue weighted by molar-refractivity contribution is 0.995. The number of hydrogen-bond acceptors (Lipinski definition) is 2. The van der Waals surface area contributed by atoms with Gasteiger partial charge in [-0.05, 0) is 25.3 Å². The Morgan fingerprint density at radius 1 is 1.75 bits per heavy atom. The first-order valence-corrected chi connectivity index (χ1v) is 2.60. The SMILES string of the molecule is CC=CNC(=S)NN. The van der Waals surface area contributed by atoms with Crippen LogP contribution in [0, 0.1) is 0 Å². The number of nitrogens with one attached hydrogen (secondary N) is 2. The van der Waals surface area contributed by atoms with Gasteiger partial charge in [-0.3, -0.25) is 0 Å². The van der Waals surface area contributed by atoms with Gasteiger partial charge in [0.25, 0.3) is 0 Å². The van der Waals surface area contributed by atoms with E-state index in [1.807, 2.05) is 13.0 Å². The lowest BCUT2D eigenvalue weighted by Gasteiger charge is -1.97. The Labute approximate surface area is 53.9 Å². The first-order valence-electron chi connectivity index (χ1n) is 2.19. The second-order valence-corrected chi connectivity index (χ2v) is 1.53. The summed E-state index contributed by atoms with van der Waals surface area (Å²) >= 11 is 4.62. The molecule has 0 spiro atoms. The van der Waals surface area contributed by atoms with Crippen LogP contribution in [0.4, 0.5) is 0 Å². The second kappa shape index (κ2) is 4.55. The number of rotatable bonds is 1. The second-order valence-electron chi connectivity index (χ2n) is 1.12. The molecular formula is C4H9N3S. The fourth-order valence-electron chi connectivity index (χ4n) is 0.201. The van der Waals surface area contributed by atoms with Crippen molar-refractivity contribution in [3.05, 3.63) is 12.3 Å². The van der Waals surface area contributed by atoms with Gasteiger partial charge in [0, 0.05) is 0 Å². The molecule has 0 radical (unpaired) electrons. The zero-order valence-corrected chi connectivity index (χ0v) is 5.46. The van der Waals surface area contributed by atoms with Crippen molar-refractivity contribution in [2.75, 3.05) is 0 Å². The molecule has 0 aliphatic heterocycles. The van der Waals surface area contributed by atoms with Gasteiger partial charge in [0.1, 0.15) is 0 Å². The molecule has 0 aromatic carbocycles. The molecular weight excluding hydrogens is 122 g/mol. The lowest BCUT2D eigenvalue weighted by atomic mass is 10.7. The van der Waals surface area contributed by atoms with E-state index in [1.165, 1.54) is 0 Å². The molecule has 0 fully saturated rings. The number of hydrazine groups is 1. The van der Waals surface area contributed by atoms with Crippen molar-refractivity contribution in [3.8, 4) is 0 Å². The molecule has 0 heterocycles. The highest BCUT2D eigenvalue weighted by Gasteiger charge is 1.79. The third-order valence-corrected chi connectivity index (χ3v) is 0.748. The average molecular weight is 131 g/mol. The van der Waals surface area contributed by atoms with Crippen molar-refractivity contribution in [1.29, 1.82) is 0 Å². The Morgan fingerprint density at radius 2 is 2.38 bits per heavy atom. The van der Waals surface area contributed by atoms with Gasteiger partial charge in [0.2, 0.25) is 0 Å². The van der Waals surface area contributed by atoms with Crippen molar-refractivity contribution in [2.45, 2.75) is 6.92 Å². The lowest BCUT2D eigenvalue weighted by Crippen LogP contribution is -2.36. The summed E-state index contributed by atoms with van der Waals surface area (Å²) in [7, 11) is 0. The summed E-state index contributed by atoms with van der Waals surface area (Å²) in [6.45, 7) is 1.88. The Kier molecular flexibility index (Phi) is 4.20. The van der Waals surface area contributed by atoms with Crippen LogP contribution in [0.1, 0.15) is 6.92 Å². The van der Waals surface area contributed by atoms with Crippen molar-refractivity contribution in [3.63, 3.8) is 0 Å². The highest BCUT2D eigenvalue weighted by Crippen LogP contribution is 1.63. The van der Waals surface area contributed by atoms with Gasteiger partial charge in [-0.1, -0.05) is 6.08 Å². The molecule has 46 valence electrons. The van der Waals surface area contributed by atoms with Gasteiger partial charge in [0.15, 0.2) is 5.11 Å². The van der Waals surface area contributed by atoms with E-state index in [0.717, 1.165) is 0 Å². The summed E-state index contributed by atoms with van der Waals surface area (Å²) in [4.78, 5) is 0. The molecule has 0 atom stereocenters. The van der Waals surface area contributed by atoms with E-state index >= 15 is 0 Å². The van der Waals surface area contributed by atoms with Crippen LogP contribution in [0.5, 0.6) is 0 Å². The van der Waals surface area contributed by atoms with Crippen LogP contribution in [0.15, 0.2) is 12.3 Å². The maximum Gasteiger partial charge on any atom is 0.184 e. The Bertz CT molecular complexity index is 99.5. The summed E-state index contributed by atoms with van der Waals surface area (Å²) < 4.78 is 0. The van der Waals surface area contributed by atoms with Crippen LogP contribution >= 0.6 is 12.2 Å². The molecule has 8 heavy (non-hydrogen) atoms.